The number of fused-ring (bicyclic) bond motifs is 1. The minimum atomic E-state index is 0.336. The fraction of sp³-hybridized carbons (Fsp3) is 0.0833. The molecule has 0 spiro atoms. The summed E-state index contributed by atoms with van der Waals surface area (Å²) in [5, 5.41) is 13.3. The predicted octanol–water partition coefficient (Wildman–Crippen LogP) is 2.23. The average molecular weight is 300 g/mol. The maximum Gasteiger partial charge on any atom is 0.284 e. The number of rotatable bonds is 3. The largest absolute Gasteiger partial charge is 0.459 e. The number of hydrogen-bond acceptors (Lipinski definition) is 8. The van der Waals surface area contributed by atoms with Gasteiger partial charge in [0.1, 0.15) is 11.4 Å². The second-order valence-electron chi connectivity index (χ2n) is 4.16. The summed E-state index contributed by atoms with van der Waals surface area (Å²) >= 11 is 1.29. The molecule has 0 amide bonds. The third kappa shape index (κ3) is 2.17. The SMILES string of the molecule is Cc1cc(Sc2nnc(-c3ccco3)o2)n2ncnc2n1. The van der Waals surface area contributed by atoms with Crippen LogP contribution in [0, 0.1) is 6.92 Å². The fourth-order valence-corrected chi connectivity index (χ4v) is 2.64. The highest BCUT2D eigenvalue weighted by Gasteiger charge is 2.14. The monoisotopic (exact) mass is 300 g/mol. The molecule has 0 aliphatic heterocycles. The zero-order valence-corrected chi connectivity index (χ0v) is 11.6. The van der Waals surface area contributed by atoms with E-state index in [1.807, 2.05) is 13.0 Å². The van der Waals surface area contributed by atoms with E-state index in [0.29, 0.717) is 22.7 Å². The van der Waals surface area contributed by atoms with Crippen LogP contribution < -0.4 is 0 Å². The fourth-order valence-electron chi connectivity index (χ4n) is 1.81. The Morgan fingerprint density at radius 1 is 1.29 bits per heavy atom. The van der Waals surface area contributed by atoms with Gasteiger partial charge in [0.05, 0.1) is 6.26 Å². The lowest BCUT2D eigenvalue weighted by molar-refractivity contribution is 0.447. The summed E-state index contributed by atoms with van der Waals surface area (Å²) in [5.41, 5.74) is 0.837. The van der Waals surface area contributed by atoms with E-state index in [4.69, 9.17) is 8.83 Å². The smallest absolute Gasteiger partial charge is 0.284 e. The molecule has 0 fully saturated rings. The average Bonchev–Trinajstić information content (AvgIpc) is 3.19. The van der Waals surface area contributed by atoms with Crippen LogP contribution in [0.4, 0.5) is 0 Å². The molecular weight excluding hydrogens is 292 g/mol. The van der Waals surface area contributed by atoms with E-state index in [1.165, 1.54) is 18.1 Å². The van der Waals surface area contributed by atoms with Crippen LogP contribution in [0.25, 0.3) is 17.4 Å². The quantitative estimate of drug-likeness (QED) is 0.531. The predicted molar refractivity (Wildman–Crippen MR) is 71.6 cm³/mol. The molecular formula is C12H8N6O2S. The minimum Gasteiger partial charge on any atom is -0.459 e. The molecule has 4 aromatic rings. The molecule has 21 heavy (non-hydrogen) atoms. The van der Waals surface area contributed by atoms with Crippen LogP contribution in [0.15, 0.2) is 49.9 Å². The van der Waals surface area contributed by atoms with Gasteiger partial charge in [-0.15, -0.1) is 10.2 Å². The first-order chi connectivity index (χ1) is 10.3. The highest BCUT2D eigenvalue weighted by molar-refractivity contribution is 7.99. The van der Waals surface area contributed by atoms with Gasteiger partial charge in [-0.05, 0) is 36.9 Å². The van der Waals surface area contributed by atoms with Crippen LogP contribution in [0.1, 0.15) is 5.69 Å². The van der Waals surface area contributed by atoms with Crippen molar-refractivity contribution < 1.29 is 8.83 Å². The second kappa shape index (κ2) is 4.70. The highest BCUT2D eigenvalue weighted by atomic mass is 32.2. The Morgan fingerprint density at radius 2 is 2.24 bits per heavy atom. The van der Waals surface area contributed by atoms with Gasteiger partial charge >= 0.3 is 0 Å². The number of furan rings is 1. The van der Waals surface area contributed by atoms with Gasteiger partial charge in [0.15, 0.2) is 5.76 Å². The van der Waals surface area contributed by atoms with Crippen LogP contribution in [-0.2, 0) is 0 Å². The first-order valence-corrected chi connectivity index (χ1v) is 6.84. The lowest BCUT2D eigenvalue weighted by Gasteiger charge is -2.01. The Hall–Kier alpha value is -2.68. The lowest BCUT2D eigenvalue weighted by atomic mass is 10.5. The normalized spacial score (nSPS) is 11.3. The van der Waals surface area contributed by atoms with Crippen LogP contribution in [0.5, 0.6) is 0 Å². The van der Waals surface area contributed by atoms with Crippen molar-refractivity contribution in [1.29, 1.82) is 0 Å². The summed E-state index contributed by atoms with van der Waals surface area (Å²) in [6, 6.07) is 5.40. The van der Waals surface area contributed by atoms with Crippen molar-refractivity contribution >= 4 is 17.5 Å². The zero-order chi connectivity index (χ0) is 14.2. The lowest BCUT2D eigenvalue weighted by Crippen LogP contribution is -1.97. The topological polar surface area (TPSA) is 95.1 Å². The number of nitrogens with zero attached hydrogens (tertiary/aromatic N) is 6. The number of hydrogen-bond donors (Lipinski definition) is 0. The highest BCUT2D eigenvalue weighted by Crippen LogP contribution is 2.29. The molecule has 4 heterocycles. The first-order valence-electron chi connectivity index (χ1n) is 6.02. The van der Waals surface area contributed by atoms with Crippen molar-refractivity contribution in [3.05, 3.63) is 36.5 Å². The molecule has 104 valence electrons. The summed E-state index contributed by atoms with van der Waals surface area (Å²) in [6.07, 6.45) is 3.01. The maximum absolute atomic E-state index is 5.56. The van der Waals surface area contributed by atoms with Gasteiger partial charge in [0.25, 0.3) is 16.9 Å². The number of aromatic nitrogens is 6. The van der Waals surface area contributed by atoms with Crippen LogP contribution >= 0.6 is 11.8 Å². The molecule has 0 saturated heterocycles. The van der Waals surface area contributed by atoms with Crippen molar-refractivity contribution in [3.63, 3.8) is 0 Å². The van der Waals surface area contributed by atoms with Crippen LogP contribution in [0.2, 0.25) is 0 Å². The van der Waals surface area contributed by atoms with E-state index in [0.717, 1.165) is 10.7 Å². The molecule has 9 heteroatoms. The summed E-state index contributed by atoms with van der Waals surface area (Å²) < 4.78 is 12.4. The van der Waals surface area contributed by atoms with E-state index in [1.54, 1.807) is 22.9 Å². The molecule has 4 aromatic heterocycles. The molecule has 0 atom stereocenters. The molecule has 0 bridgehead atoms. The van der Waals surface area contributed by atoms with Gasteiger partial charge in [-0.2, -0.15) is 14.6 Å². The van der Waals surface area contributed by atoms with Gasteiger partial charge in [0, 0.05) is 5.69 Å². The molecule has 0 N–H and O–H groups in total. The Morgan fingerprint density at radius 3 is 3.10 bits per heavy atom. The Labute approximate surface area is 122 Å². The third-order valence-electron chi connectivity index (χ3n) is 2.68. The molecule has 4 rings (SSSR count). The molecule has 0 aliphatic rings. The number of aryl methyl sites for hydroxylation is 1. The summed E-state index contributed by atoms with van der Waals surface area (Å²) in [6.45, 7) is 1.89. The van der Waals surface area contributed by atoms with Crippen molar-refractivity contribution in [3.8, 4) is 11.7 Å². The van der Waals surface area contributed by atoms with E-state index < -0.39 is 0 Å². The van der Waals surface area contributed by atoms with Crippen molar-refractivity contribution in [2.45, 2.75) is 17.2 Å². The van der Waals surface area contributed by atoms with E-state index in [9.17, 15) is 0 Å². The van der Waals surface area contributed by atoms with E-state index >= 15 is 0 Å². The van der Waals surface area contributed by atoms with Crippen molar-refractivity contribution in [2.75, 3.05) is 0 Å². The molecule has 0 aliphatic carbocycles. The van der Waals surface area contributed by atoms with E-state index in [2.05, 4.69) is 25.3 Å². The summed E-state index contributed by atoms with van der Waals surface area (Å²) in [5.74, 6) is 1.40. The van der Waals surface area contributed by atoms with Crippen molar-refractivity contribution in [1.82, 2.24) is 29.8 Å². The second-order valence-corrected chi connectivity index (χ2v) is 5.13. The molecule has 0 radical (unpaired) electrons. The third-order valence-corrected chi connectivity index (χ3v) is 3.52. The maximum atomic E-state index is 5.56. The molecule has 8 nitrogen and oxygen atoms in total. The first kappa shape index (κ1) is 12.1. The van der Waals surface area contributed by atoms with Crippen LogP contribution in [0.3, 0.4) is 0 Å². The molecule has 0 saturated carbocycles. The van der Waals surface area contributed by atoms with Gasteiger partial charge in [0.2, 0.25) is 0 Å². The summed E-state index contributed by atoms with van der Waals surface area (Å²) in [7, 11) is 0. The zero-order valence-electron chi connectivity index (χ0n) is 10.8. The van der Waals surface area contributed by atoms with Crippen molar-refractivity contribution in [2.24, 2.45) is 0 Å². The van der Waals surface area contributed by atoms with Gasteiger partial charge < -0.3 is 8.83 Å². The Bertz CT molecular complexity index is 898. The minimum absolute atomic E-state index is 0.336. The van der Waals surface area contributed by atoms with Gasteiger partial charge in [-0.1, -0.05) is 0 Å². The van der Waals surface area contributed by atoms with E-state index in [-0.39, 0.29) is 0 Å². The van der Waals surface area contributed by atoms with Crippen LogP contribution in [-0.4, -0.2) is 29.8 Å². The van der Waals surface area contributed by atoms with Gasteiger partial charge in [-0.3, -0.25) is 0 Å². The Balaban J connectivity index is 1.70. The molecule has 0 unspecified atom stereocenters. The molecule has 0 aromatic carbocycles. The summed E-state index contributed by atoms with van der Waals surface area (Å²) in [4.78, 5) is 8.35. The Kier molecular flexibility index (Phi) is 2.71. The van der Waals surface area contributed by atoms with Gasteiger partial charge in [-0.25, -0.2) is 4.98 Å². The standard InChI is InChI=1S/C12H8N6O2S/c1-7-5-9(18-11(15-7)13-6-14-18)21-12-17-16-10(20-12)8-3-2-4-19-8/h2-6H,1H3.